The molecule has 0 aliphatic carbocycles. The first-order chi connectivity index (χ1) is 24.1. The molecule has 0 aliphatic rings. The Hall–Kier alpha value is -5.78. The minimum Gasteiger partial charge on any atom is -0.481 e. The second-order valence-electron chi connectivity index (χ2n) is 12.7. The van der Waals surface area contributed by atoms with Crippen LogP contribution >= 0.6 is 0 Å². The molecule has 18 heteroatoms. The van der Waals surface area contributed by atoms with E-state index in [0.29, 0.717) is 11.3 Å². The van der Waals surface area contributed by atoms with Gasteiger partial charge in [0.25, 0.3) is 0 Å². The van der Waals surface area contributed by atoms with Crippen molar-refractivity contribution in [2.45, 2.75) is 77.2 Å². The Labute approximate surface area is 293 Å². The second-order valence-corrected chi connectivity index (χ2v) is 12.7. The number of fused-ring (bicyclic) bond motifs is 1. The SMILES string of the molecule is CC(C)[C@H](N)C(=O)N[C@@H](Cc1c[nH]c2ccccc12)C(=O)N[C@@H](CC(=O)O)C(=O)N[C@@H](Cc1cnc[nH]1)C(=O)NCC(=O)N[C@H](C(=O)O)C(C)C. The van der Waals surface area contributed by atoms with Gasteiger partial charge in [-0.2, -0.15) is 0 Å². The summed E-state index contributed by atoms with van der Waals surface area (Å²) in [5.74, 6) is -7.64. The second kappa shape index (κ2) is 18.3. The number of aromatic nitrogens is 3. The molecule has 5 atom stereocenters. The molecule has 2 heterocycles. The molecular weight excluding hydrogens is 666 g/mol. The van der Waals surface area contributed by atoms with Gasteiger partial charge in [0.15, 0.2) is 0 Å². The number of imidazole rings is 1. The average molecular weight is 712 g/mol. The first kappa shape index (κ1) is 39.7. The lowest BCUT2D eigenvalue weighted by Crippen LogP contribution is -2.59. The maximum Gasteiger partial charge on any atom is 0.326 e. The Balaban J connectivity index is 1.82. The fourth-order valence-corrected chi connectivity index (χ4v) is 5.08. The molecule has 0 radical (unpaired) electrons. The number of carboxylic acid groups (broad SMARTS) is 2. The monoisotopic (exact) mass is 711 g/mol. The minimum atomic E-state index is -1.71. The summed E-state index contributed by atoms with van der Waals surface area (Å²) in [6, 6.07) is 0.707. The quantitative estimate of drug-likeness (QED) is 0.0714. The lowest BCUT2D eigenvalue weighted by atomic mass is 10.0. The van der Waals surface area contributed by atoms with E-state index in [1.54, 1.807) is 40.0 Å². The number of carboxylic acids is 2. The molecule has 0 spiro atoms. The van der Waals surface area contributed by atoms with Gasteiger partial charge in [-0.05, 0) is 23.5 Å². The standard InChI is InChI=1S/C33H45N9O9/c1-16(2)27(34)32(49)41-22(9-18-12-36-21-8-6-5-7-20(18)21)30(47)40-24(11-26(44)45)31(48)39-23(10-19-13-35-15-38-19)29(46)37-14-25(43)42-28(17(3)4)33(50)51/h5-8,12-13,15-17,22-24,27-28,36H,9-11,14,34H2,1-4H3,(H,35,38)(H,37,46)(H,39,48)(H,40,47)(H,41,49)(H,42,43)(H,44,45)(H,50,51)/t22-,23-,24-,27-,28-/m0/s1. The molecule has 0 bridgehead atoms. The molecule has 3 aromatic rings. The normalized spacial score (nSPS) is 14.2. The number of para-hydroxylation sites is 1. The van der Waals surface area contributed by atoms with E-state index in [-0.39, 0.29) is 18.8 Å². The van der Waals surface area contributed by atoms with E-state index in [1.807, 2.05) is 18.2 Å². The number of hydrogen-bond acceptors (Lipinski definition) is 9. The van der Waals surface area contributed by atoms with Crippen LogP contribution in [-0.4, -0.2) is 103 Å². The molecule has 276 valence electrons. The molecule has 2 aromatic heterocycles. The zero-order valence-electron chi connectivity index (χ0n) is 28.7. The van der Waals surface area contributed by atoms with Gasteiger partial charge in [-0.3, -0.25) is 28.8 Å². The van der Waals surface area contributed by atoms with Crippen molar-refractivity contribution in [1.82, 2.24) is 41.5 Å². The lowest BCUT2D eigenvalue weighted by Gasteiger charge is -2.26. The fourth-order valence-electron chi connectivity index (χ4n) is 5.08. The topological polar surface area (TPSA) is 291 Å². The van der Waals surface area contributed by atoms with E-state index in [1.165, 1.54) is 12.5 Å². The van der Waals surface area contributed by atoms with E-state index in [2.05, 4.69) is 41.5 Å². The van der Waals surface area contributed by atoms with Crippen LogP contribution in [0.2, 0.25) is 0 Å². The number of nitrogens with two attached hydrogens (primary N) is 1. The van der Waals surface area contributed by atoms with E-state index in [4.69, 9.17) is 5.73 Å². The number of H-pyrrole nitrogens is 2. The Kier molecular flexibility index (Phi) is 14.2. The molecule has 5 amide bonds. The van der Waals surface area contributed by atoms with E-state index >= 15 is 0 Å². The predicted molar refractivity (Wildman–Crippen MR) is 183 cm³/mol. The van der Waals surface area contributed by atoms with Crippen LogP contribution in [0.15, 0.2) is 43.0 Å². The predicted octanol–water partition coefficient (Wildman–Crippen LogP) is -1.07. The molecule has 0 saturated heterocycles. The molecule has 11 N–H and O–H groups in total. The van der Waals surface area contributed by atoms with Crippen molar-refractivity contribution in [1.29, 1.82) is 0 Å². The van der Waals surface area contributed by atoms with Gasteiger partial charge in [0.1, 0.15) is 24.2 Å². The van der Waals surface area contributed by atoms with Crippen molar-refractivity contribution in [2.24, 2.45) is 17.6 Å². The van der Waals surface area contributed by atoms with Gasteiger partial charge in [-0.25, -0.2) is 9.78 Å². The Morgan fingerprint density at radius 2 is 1.41 bits per heavy atom. The molecule has 0 fully saturated rings. The van der Waals surface area contributed by atoms with Crippen LogP contribution < -0.4 is 32.3 Å². The maximum atomic E-state index is 13.7. The summed E-state index contributed by atoms with van der Waals surface area (Å²) in [7, 11) is 0. The third-order valence-corrected chi connectivity index (χ3v) is 8.05. The summed E-state index contributed by atoms with van der Waals surface area (Å²) >= 11 is 0. The molecule has 0 unspecified atom stereocenters. The number of carbonyl (C=O) groups is 7. The van der Waals surface area contributed by atoms with Gasteiger partial charge < -0.3 is 52.5 Å². The average Bonchev–Trinajstić information content (AvgIpc) is 3.74. The summed E-state index contributed by atoms with van der Waals surface area (Å²) in [6.07, 6.45) is 3.28. The molecule has 1 aromatic carbocycles. The zero-order chi connectivity index (χ0) is 37.8. The number of nitrogens with zero attached hydrogens (tertiary/aromatic N) is 1. The lowest BCUT2D eigenvalue weighted by molar-refractivity contribution is -0.143. The number of carbonyl (C=O) groups excluding carboxylic acids is 5. The highest BCUT2D eigenvalue weighted by Gasteiger charge is 2.33. The van der Waals surface area contributed by atoms with Crippen molar-refractivity contribution in [3.63, 3.8) is 0 Å². The van der Waals surface area contributed by atoms with Crippen molar-refractivity contribution >= 4 is 52.4 Å². The van der Waals surface area contributed by atoms with Crippen LogP contribution in [0, 0.1) is 11.8 Å². The van der Waals surface area contributed by atoms with Crippen LogP contribution in [-0.2, 0) is 46.4 Å². The van der Waals surface area contributed by atoms with Gasteiger partial charge in [-0.1, -0.05) is 45.9 Å². The van der Waals surface area contributed by atoms with Crippen LogP contribution in [0.4, 0.5) is 0 Å². The molecule has 18 nitrogen and oxygen atoms in total. The number of aliphatic carboxylic acids is 2. The van der Waals surface area contributed by atoms with E-state index in [0.717, 1.165) is 10.9 Å². The molecule has 0 saturated carbocycles. The van der Waals surface area contributed by atoms with Gasteiger partial charge in [0.2, 0.25) is 29.5 Å². The van der Waals surface area contributed by atoms with E-state index in [9.17, 15) is 43.8 Å². The number of benzene rings is 1. The maximum absolute atomic E-state index is 13.7. The largest absolute Gasteiger partial charge is 0.481 e. The third-order valence-electron chi connectivity index (χ3n) is 8.05. The minimum absolute atomic E-state index is 0.0414. The highest BCUT2D eigenvalue weighted by atomic mass is 16.4. The molecule has 3 rings (SSSR count). The first-order valence-corrected chi connectivity index (χ1v) is 16.3. The Bertz CT molecular complexity index is 1700. The van der Waals surface area contributed by atoms with Crippen LogP contribution in [0.5, 0.6) is 0 Å². The fraction of sp³-hybridized carbons (Fsp3) is 0.455. The van der Waals surface area contributed by atoms with E-state index < -0.39 is 90.6 Å². The van der Waals surface area contributed by atoms with Crippen molar-refractivity contribution in [3.8, 4) is 0 Å². The Morgan fingerprint density at radius 3 is 2.02 bits per heavy atom. The van der Waals surface area contributed by atoms with Gasteiger partial charge in [-0.15, -0.1) is 0 Å². The molecular formula is C33H45N9O9. The summed E-state index contributed by atoms with van der Waals surface area (Å²) in [5, 5.41) is 31.9. The van der Waals surface area contributed by atoms with Crippen LogP contribution in [0.25, 0.3) is 10.9 Å². The zero-order valence-corrected chi connectivity index (χ0v) is 28.7. The highest BCUT2D eigenvalue weighted by molar-refractivity contribution is 5.97. The van der Waals surface area contributed by atoms with Crippen molar-refractivity contribution in [3.05, 3.63) is 54.2 Å². The smallest absolute Gasteiger partial charge is 0.326 e. The summed E-state index contributed by atoms with van der Waals surface area (Å²) in [4.78, 5) is 99.0. The van der Waals surface area contributed by atoms with Crippen LogP contribution in [0.1, 0.15) is 45.4 Å². The van der Waals surface area contributed by atoms with Gasteiger partial charge in [0.05, 0.1) is 25.3 Å². The Morgan fingerprint density at radius 1 is 0.784 bits per heavy atom. The number of aromatic amines is 2. The van der Waals surface area contributed by atoms with Crippen LogP contribution in [0.3, 0.4) is 0 Å². The number of nitrogens with one attached hydrogen (secondary N) is 7. The summed E-state index contributed by atoms with van der Waals surface area (Å²) in [6.45, 7) is 6.02. The molecule has 51 heavy (non-hydrogen) atoms. The third kappa shape index (κ3) is 11.7. The number of rotatable bonds is 19. The summed E-state index contributed by atoms with van der Waals surface area (Å²) < 4.78 is 0. The van der Waals surface area contributed by atoms with Gasteiger partial charge in [0, 0.05) is 41.8 Å². The number of amides is 5. The molecule has 0 aliphatic heterocycles. The first-order valence-electron chi connectivity index (χ1n) is 16.3. The van der Waals surface area contributed by atoms with Crippen molar-refractivity contribution < 1.29 is 43.8 Å². The summed E-state index contributed by atoms with van der Waals surface area (Å²) in [5.41, 5.74) is 7.87. The van der Waals surface area contributed by atoms with Crippen molar-refractivity contribution in [2.75, 3.05) is 6.54 Å². The highest BCUT2D eigenvalue weighted by Crippen LogP contribution is 2.19. The van der Waals surface area contributed by atoms with Gasteiger partial charge >= 0.3 is 11.9 Å². The number of hydrogen-bond donors (Lipinski definition) is 10.